The Morgan fingerprint density at radius 1 is 0.500 bits per heavy atom. The lowest BCUT2D eigenvalue weighted by Gasteiger charge is -2.27. The van der Waals surface area contributed by atoms with Gasteiger partial charge in [0, 0.05) is 76.6 Å². The first-order valence-corrected chi connectivity index (χ1v) is 22.2. The number of para-hydroxylation sites is 4. The first-order chi connectivity index (χ1) is 30.4. The van der Waals surface area contributed by atoms with E-state index >= 15 is 0 Å². The summed E-state index contributed by atoms with van der Waals surface area (Å²) in [5, 5.41) is 7.55. The quantitative estimate of drug-likeness (QED) is 0.172. The van der Waals surface area contributed by atoms with Gasteiger partial charge in [0.25, 0.3) is 0 Å². The summed E-state index contributed by atoms with van der Waals surface area (Å²) in [4.78, 5) is 2.47. The van der Waals surface area contributed by atoms with Crippen molar-refractivity contribution in [3.63, 3.8) is 0 Å². The molecule has 0 aliphatic carbocycles. The number of hydrogen-bond donors (Lipinski definition) is 0. The summed E-state index contributed by atoms with van der Waals surface area (Å²) in [6.07, 6.45) is 6.88. The molecular weight excluding hydrogens is 771 g/mol. The first-order valence-electron chi connectivity index (χ1n) is 21.4. The summed E-state index contributed by atoms with van der Waals surface area (Å²) < 4.78 is 7.40. The van der Waals surface area contributed by atoms with E-state index < -0.39 is 0 Å². The molecule has 0 bridgehead atoms. The fourth-order valence-corrected chi connectivity index (χ4v) is 11.4. The third-order valence-corrected chi connectivity index (χ3v) is 14.1. The van der Waals surface area contributed by atoms with Crippen molar-refractivity contribution in [1.82, 2.24) is 9.13 Å². The third kappa shape index (κ3) is 5.64. The summed E-state index contributed by atoms with van der Waals surface area (Å²) in [5.41, 5.74) is 17.8. The Balaban J connectivity index is 1.07. The third-order valence-electron chi connectivity index (χ3n) is 12.9. The maximum absolute atomic E-state index is 4.88. The van der Waals surface area contributed by atoms with Crippen LogP contribution in [0.1, 0.15) is 22.3 Å². The maximum atomic E-state index is 4.88. The highest BCUT2D eigenvalue weighted by molar-refractivity contribution is 7.25. The smallest absolute Gasteiger partial charge is 0.0541 e. The fraction of sp³-hybridized carbons (Fsp3) is 0.0690. The minimum atomic E-state index is 0.671. The van der Waals surface area contributed by atoms with Gasteiger partial charge in [0.2, 0.25) is 0 Å². The van der Waals surface area contributed by atoms with Crippen molar-refractivity contribution in [3.8, 4) is 16.8 Å². The van der Waals surface area contributed by atoms with Crippen molar-refractivity contribution in [2.24, 2.45) is 0 Å². The van der Waals surface area contributed by atoms with E-state index in [4.69, 9.17) is 6.58 Å². The molecule has 4 heterocycles. The first kappa shape index (κ1) is 36.5. The summed E-state index contributed by atoms with van der Waals surface area (Å²) in [7, 11) is 0. The second kappa shape index (κ2) is 14.1. The van der Waals surface area contributed by atoms with Crippen LogP contribution in [0.3, 0.4) is 0 Å². The number of thiophene rings is 1. The van der Waals surface area contributed by atoms with Crippen LogP contribution in [0, 0.1) is 20.8 Å². The average molecular weight is 814 g/mol. The Labute approximate surface area is 365 Å². The molecular formula is C58H43N3S. The van der Waals surface area contributed by atoms with E-state index in [2.05, 4.69) is 217 Å². The van der Waals surface area contributed by atoms with Crippen molar-refractivity contribution < 1.29 is 0 Å². The minimum absolute atomic E-state index is 0.671. The van der Waals surface area contributed by atoms with Gasteiger partial charge in [-0.1, -0.05) is 109 Å². The van der Waals surface area contributed by atoms with Crippen molar-refractivity contribution >= 4 is 97.8 Å². The molecule has 0 amide bonds. The zero-order valence-corrected chi connectivity index (χ0v) is 35.8. The van der Waals surface area contributed by atoms with Crippen LogP contribution >= 0.6 is 11.3 Å². The Morgan fingerprint density at radius 2 is 1.03 bits per heavy atom. The van der Waals surface area contributed by atoms with Crippen molar-refractivity contribution in [2.75, 3.05) is 11.4 Å². The van der Waals surface area contributed by atoms with Crippen LogP contribution < -0.4 is 4.90 Å². The normalized spacial score (nSPS) is 14.7. The van der Waals surface area contributed by atoms with Gasteiger partial charge < -0.3 is 14.0 Å². The molecule has 12 rings (SSSR count). The van der Waals surface area contributed by atoms with Crippen LogP contribution in [0.4, 0.5) is 11.4 Å². The number of hydrogen-bond acceptors (Lipinski definition) is 2. The van der Waals surface area contributed by atoms with E-state index in [-0.39, 0.29) is 0 Å². The summed E-state index contributed by atoms with van der Waals surface area (Å²) in [6, 6.07) is 60.5. The lowest BCUT2D eigenvalue weighted by Crippen LogP contribution is -2.18. The second-order valence-corrected chi connectivity index (χ2v) is 17.9. The average Bonchev–Trinajstić information content (AvgIpc) is 3.95. The largest absolute Gasteiger partial charge is 0.337 e. The van der Waals surface area contributed by atoms with Crippen LogP contribution in [0.25, 0.3) is 91.9 Å². The van der Waals surface area contributed by atoms with Crippen LogP contribution in [-0.4, -0.2) is 15.7 Å². The molecule has 3 aromatic heterocycles. The Morgan fingerprint density at radius 3 is 1.65 bits per heavy atom. The highest BCUT2D eigenvalue weighted by atomic mass is 32.1. The molecule has 0 spiro atoms. The molecule has 3 nitrogen and oxygen atoms in total. The molecule has 1 aliphatic heterocycles. The van der Waals surface area contributed by atoms with Gasteiger partial charge in [0.15, 0.2) is 0 Å². The van der Waals surface area contributed by atoms with Gasteiger partial charge in [-0.2, -0.15) is 0 Å². The highest BCUT2D eigenvalue weighted by Gasteiger charge is 2.22. The molecule has 0 fully saturated rings. The molecule has 8 aromatic carbocycles. The molecule has 0 saturated heterocycles. The van der Waals surface area contributed by atoms with Crippen LogP contribution in [0.5, 0.6) is 0 Å². The molecule has 1 aliphatic rings. The van der Waals surface area contributed by atoms with Gasteiger partial charge in [-0.05, 0) is 134 Å². The summed E-state index contributed by atoms with van der Waals surface area (Å²) in [5.74, 6) is 0. The summed E-state index contributed by atoms with van der Waals surface area (Å²) >= 11 is 1.87. The molecule has 0 unspecified atom stereocenters. The minimum Gasteiger partial charge on any atom is -0.337 e. The predicted molar refractivity (Wildman–Crippen MR) is 269 cm³/mol. The number of benzene rings is 8. The zero-order valence-electron chi connectivity index (χ0n) is 35.0. The zero-order chi connectivity index (χ0) is 41.6. The fourth-order valence-electron chi connectivity index (χ4n) is 10.3. The Kier molecular flexibility index (Phi) is 8.28. The Hall–Kier alpha value is -7.40. The van der Waals surface area contributed by atoms with E-state index in [0.29, 0.717) is 6.54 Å². The van der Waals surface area contributed by atoms with Crippen LogP contribution in [-0.2, 0) is 0 Å². The maximum Gasteiger partial charge on any atom is 0.0541 e. The van der Waals surface area contributed by atoms with E-state index in [1.54, 1.807) is 0 Å². The number of aromatic nitrogens is 2. The number of fused-ring (bicyclic) bond motifs is 10. The lowest BCUT2D eigenvalue weighted by atomic mass is 9.93. The summed E-state index contributed by atoms with van der Waals surface area (Å²) in [6.45, 7) is 12.2. The van der Waals surface area contributed by atoms with Crippen LogP contribution in [0.2, 0.25) is 0 Å². The lowest BCUT2D eigenvalue weighted by molar-refractivity contribution is 1.09. The molecule has 0 atom stereocenters. The Bertz CT molecular complexity index is 3600. The molecule has 0 N–H and O–H groups in total. The van der Waals surface area contributed by atoms with Gasteiger partial charge >= 0.3 is 0 Å². The van der Waals surface area contributed by atoms with Crippen molar-refractivity contribution in [3.05, 3.63) is 211 Å². The topological polar surface area (TPSA) is 13.1 Å². The van der Waals surface area contributed by atoms with Crippen molar-refractivity contribution in [1.29, 1.82) is 0 Å². The van der Waals surface area contributed by atoms with E-state index in [9.17, 15) is 0 Å². The molecule has 296 valence electrons. The molecule has 0 radical (unpaired) electrons. The highest BCUT2D eigenvalue weighted by Crippen LogP contribution is 2.44. The molecule has 4 heteroatoms. The number of nitrogens with zero attached hydrogens (tertiary/aromatic N) is 3. The van der Waals surface area contributed by atoms with Gasteiger partial charge in [0.1, 0.15) is 0 Å². The predicted octanol–water partition coefficient (Wildman–Crippen LogP) is 16.1. The van der Waals surface area contributed by atoms with E-state index in [0.717, 1.165) is 33.9 Å². The van der Waals surface area contributed by atoms with Gasteiger partial charge in [-0.15, -0.1) is 11.3 Å². The van der Waals surface area contributed by atoms with Crippen molar-refractivity contribution in [2.45, 2.75) is 20.8 Å². The second-order valence-electron chi connectivity index (χ2n) is 16.8. The number of rotatable bonds is 4. The van der Waals surface area contributed by atoms with Gasteiger partial charge in [0.05, 0.1) is 22.1 Å². The van der Waals surface area contributed by atoms with E-state index in [1.165, 1.54) is 91.6 Å². The number of aryl methyl sites for hydroxylation is 3. The monoisotopic (exact) mass is 813 g/mol. The van der Waals surface area contributed by atoms with E-state index in [1.807, 2.05) is 11.3 Å². The van der Waals surface area contributed by atoms with Crippen LogP contribution in [0.15, 0.2) is 189 Å². The molecule has 0 saturated carbocycles. The molecule has 62 heavy (non-hydrogen) atoms. The van der Waals surface area contributed by atoms with Gasteiger partial charge in [-0.3, -0.25) is 0 Å². The van der Waals surface area contributed by atoms with Gasteiger partial charge in [-0.25, -0.2) is 0 Å². The standard InChI is InChI=1S/C58H43N3S/c1-36-30-38(3)58(39(4)31-36)40-23-27-56-49(33-40)50-34-41(25-28-57(50)62-56)59-29-13-14-42(60-52-19-9-5-15-44(52)45-16-6-10-20-53(45)60)32-37(2)48-35-43(24-26-51(48)59)61-54-21-11-7-17-46(54)47-18-8-12-22-55(47)61/h5-28,30-35H,2,29H2,1,3-4H3/b14-13-,42-32+. The molecule has 11 aromatic rings. The SMILES string of the molecule is C=C1/C=C(n2c3ccccc3c3ccccc32)\C=C/CN(c2ccc3sc4ccc(-c5c(C)cc(C)cc5C)cc4c3c2)c2ccc(-n3c4ccccc4c4ccccc43)cc21. The number of allylic oxidation sites excluding steroid dienone is 4. The number of anilines is 2.